The van der Waals surface area contributed by atoms with Gasteiger partial charge >= 0.3 is 5.97 Å². The number of hydrogen-bond acceptors (Lipinski definition) is 3. The van der Waals surface area contributed by atoms with Crippen molar-refractivity contribution in [3.05, 3.63) is 0 Å². The van der Waals surface area contributed by atoms with Crippen LogP contribution in [-0.2, 0) is 4.79 Å². The van der Waals surface area contributed by atoms with Gasteiger partial charge in [-0.15, -0.1) is 0 Å². The third-order valence-electron chi connectivity index (χ3n) is 4.26. The summed E-state index contributed by atoms with van der Waals surface area (Å²) >= 11 is 0. The molecule has 1 saturated heterocycles. The van der Waals surface area contributed by atoms with E-state index in [1.165, 1.54) is 25.7 Å². The van der Waals surface area contributed by atoms with Gasteiger partial charge in [-0.2, -0.15) is 0 Å². The molecule has 1 aliphatic carbocycles. The first kappa shape index (κ1) is 15.8. The van der Waals surface area contributed by atoms with Crippen LogP contribution in [0.5, 0.6) is 0 Å². The number of rotatable bonds is 6. The summed E-state index contributed by atoms with van der Waals surface area (Å²) in [5.74, 6) is 0.896. The van der Waals surface area contributed by atoms with Gasteiger partial charge in [-0.05, 0) is 30.1 Å². The lowest BCUT2D eigenvalue weighted by atomic mass is 9.88. The summed E-state index contributed by atoms with van der Waals surface area (Å²) in [6.45, 7) is 9.74. The predicted molar refractivity (Wildman–Crippen MR) is 80.8 cm³/mol. The average Bonchev–Trinajstić information content (AvgIpc) is 3.08. The lowest BCUT2D eigenvalue weighted by Crippen LogP contribution is -2.51. The van der Waals surface area contributed by atoms with Gasteiger partial charge in [0.05, 0.1) is 6.54 Å². The normalized spacial score (nSPS) is 28.6. The number of piperidine rings is 1. The summed E-state index contributed by atoms with van der Waals surface area (Å²) in [6.07, 6.45) is 5.28. The molecule has 4 heteroatoms. The Labute approximate surface area is 122 Å². The highest BCUT2D eigenvalue weighted by Crippen LogP contribution is 2.37. The highest BCUT2D eigenvalue weighted by atomic mass is 16.4. The van der Waals surface area contributed by atoms with Gasteiger partial charge in [-0.1, -0.05) is 33.6 Å². The standard InChI is InChI=1S/C16H30N2O2/c1-16(2,3)11-17-14-7-13(6-12-4-5-12)8-18(9-14)10-15(19)20/h12-14,17H,4-11H2,1-3H3,(H,19,20). The molecule has 2 atom stereocenters. The first-order valence-corrected chi connectivity index (χ1v) is 7.99. The number of nitrogens with zero attached hydrogens (tertiary/aromatic N) is 1. The molecule has 0 spiro atoms. The molecule has 1 saturated carbocycles. The highest BCUT2D eigenvalue weighted by Gasteiger charge is 2.32. The molecule has 2 N–H and O–H groups in total. The minimum Gasteiger partial charge on any atom is -0.480 e. The summed E-state index contributed by atoms with van der Waals surface area (Å²) in [5.41, 5.74) is 0.279. The van der Waals surface area contributed by atoms with Crippen molar-refractivity contribution in [1.82, 2.24) is 10.2 Å². The fraction of sp³-hybridized carbons (Fsp3) is 0.938. The van der Waals surface area contributed by atoms with Crippen molar-refractivity contribution in [1.29, 1.82) is 0 Å². The average molecular weight is 282 g/mol. The van der Waals surface area contributed by atoms with E-state index in [1.807, 2.05) is 0 Å². The second-order valence-electron chi connectivity index (χ2n) is 8.01. The van der Waals surface area contributed by atoms with Gasteiger partial charge in [0.2, 0.25) is 0 Å². The van der Waals surface area contributed by atoms with E-state index in [2.05, 4.69) is 31.0 Å². The number of carboxylic acids is 1. The molecule has 0 radical (unpaired) electrons. The van der Waals surface area contributed by atoms with E-state index in [4.69, 9.17) is 5.11 Å². The maximum absolute atomic E-state index is 11.0. The van der Waals surface area contributed by atoms with Crippen molar-refractivity contribution >= 4 is 5.97 Å². The Balaban J connectivity index is 1.86. The van der Waals surface area contributed by atoms with E-state index in [1.54, 1.807) is 0 Å². The van der Waals surface area contributed by atoms with E-state index >= 15 is 0 Å². The van der Waals surface area contributed by atoms with Crippen molar-refractivity contribution in [2.75, 3.05) is 26.2 Å². The van der Waals surface area contributed by atoms with Crippen molar-refractivity contribution in [2.24, 2.45) is 17.3 Å². The van der Waals surface area contributed by atoms with Crippen LogP contribution in [0.1, 0.15) is 46.5 Å². The zero-order valence-electron chi connectivity index (χ0n) is 13.2. The van der Waals surface area contributed by atoms with Crippen LogP contribution in [0, 0.1) is 17.3 Å². The van der Waals surface area contributed by atoms with E-state index < -0.39 is 5.97 Å². The van der Waals surface area contributed by atoms with Crippen molar-refractivity contribution in [2.45, 2.75) is 52.5 Å². The van der Waals surface area contributed by atoms with Crippen LogP contribution >= 0.6 is 0 Å². The zero-order chi connectivity index (χ0) is 14.8. The summed E-state index contributed by atoms with van der Waals surface area (Å²) in [5, 5.41) is 12.7. The minimum absolute atomic E-state index is 0.189. The van der Waals surface area contributed by atoms with Crippen LogP contribution in [0.3, 0.4) is 0 Å². The number of likely N-dealkylation sites (tertiary alicyclic amines) is 1. The molecule has 0 amide bonds. The summed E-state index contributed by atoms with van der Waals surface area (Å²) in [7, 11) is 0. The van der Waals surface area contributed by atoms with Gasteiger partial charge < -0.3 is 10.4 Å². The molecule has 2 fully saturated rings. The summed E-state index contributed by atoms with van der Waals surface area (Å²) < 4.78 is 0. The van der Waals surface area contributed by atoms with Crippen LogP contribution in [0.15, 0.2) is 0 Å². The quantitative estimate of drug-likeness (QED) is 0.784. The molecule has 2 rings (SSSR count). The molecule has 20 heavy (non-hydrogen) atoms. The van der Waals surface area contributed by atoms with Crippen molar-refractivity contribution < 1.29 is 9.90 Å². The van der Waals surface area contributed by atoms with Crippen LogP contribution in [0.2, 0.25) is 0 Å². The number of hydrogen-bond donors (Lipinski definition) is 2. The Kier molecular flexibility index (Phi) is 5.08. The van der Waals surface area contributed by atoms with Gasteiger partial charge in [-0.3, -0.25) is 9.69 Å². The van der Waals surface area contributed by atoms with Crippen molar-refractivity contribution in [3.8, 4) is 0 Å². The van der Waals surface area contributed by atoms with E-state index in [-0.39, 0.29) is 12.0 Å². The monoisotopic (exact) mass is 282 g/mol. The van der Waals surface area contributed by atoms with E-state index in [0.29, 0.717) is 12.0 Å². The molecular weight excluding hydrogens is 252 g/mol. The van der Waals surface area contributed by atoms with Gasteiger partial charge in [0, 0.05) is 25.7 Å². The van der Waals surface area contributed by atoms with Gasteiger partial charge in [-0.25, -0.2) is 0 Å². The fourth-order valence-corrected chi connectivity index (χ4v) is 3.22. The maximum atomic E-state index is 11.0. The number of carboxylic acid groups (broad SMARTS) is 1. The van der Waals surface area contributed by atoms with Crippen LogP contribution in [0.4, 0.5) is 0 Å². The lowest BCUT2D eigenvalue weighted by molar-refractivity contribution is -0.138. The Bertz CT molecular complexity index is 334. The molecule has 0 bridgehead atoms. The van der Waals surface area contributed by atoms with Crippen molar-refractivity contribution in [3.63, 3.8) is 0 Å². The molecule has 0 aromatic rings. The highest BCUT2D eigenvalue weighted by molar-refractivity contribution is 5.69. The van der Waals surface area contributed by atoms with Crippen LogP contribution in [-0.4, -0.2) is 48.2 Å². The minimum atomic E-state index is -0.702. The fourth-order valence-electron chi connectivity index (χ4n) is 3.22. The molecule has 4 nitrogen and oxygen atoms in total. The second-order valence-corrected chi connectivity index (χ2v) is 8.01. The molecule has 0 aromatic carbocycles. The molecule has 116 valence electrons. The van der Waals surface area contributed by atoms with Gasteiger partial charge in [0.25, 0.3) is 0 Å². The third-order valence-corrected chi connectivity index (χ3v) is 4.26. The molecule has 2 unspecified atom stereocenters. The van der Waals surface area contributed by atoms with E-state index in [9.17, 15) is 4.79 Å². The summed E-state index contributed by atoms with van der Waals surface area (Å²) in [4.78, 5) is 13.1. The van der Waals surface area contributed by atoms with E-state index in [0.717, 1.165) is 25.6 Å². The zero-order valence-corrected chi connectivity index (χ0v) is 13.2. The molecular formula is C16H30N2O2. The second kappa shape index (κ2) is 6.44. The smallest absolute Gasteiger partial charge is 0.317 e. The summed E-state index contributed by atoms with van der Waals surface area (Å²) in [6, 6.07) is 0.450. The van der Waals surface area contributed by atoms with Crippen LogP contribution < -0.4 is 5.32 Å². The molecule has 1 heterocycles. The van der Waals surface area contributed by atoms with Crippen LogP contribution in [0.25, 0.3) is 0 Å². The number of aliphatic carboxylic acids is 1. The predicted octanol–water partition coefficient (Wildman–Crippen LogP) is 2.20. The first-order chi connectivity index (χ1) is 9.32. The molecule has 0 aromatic heterocycles. The Morgan fingerprint density at radius 3 is 2.50 bits per heavy atom. The SMILES string of the molecule is CC(C)(C)CNC1CC(CC2CC2)CN(CC(=O)O)C1. The third kappa shape index (κ3) is 5.80. The van der Waals surface area contributed by atoms with Gasteiger partial charge in [0.1, 0.15) is 0 Å². The maximum Gasteiger partial charge on any atom is 0.317 e. The Morgan fingerprint density at radius 1 is 1.25 bits per heavy atom. The molecule has 2 aliphatic rings. The first-order valence-electron chi connectivity index (χ1n) is 7.99. The number of carbonyl (C=O) groups is 1. The van der Waals surface area contributed by atoms with Gasteiger partial charge in [0.15, 0.2) is 0 Å². The lowest BCUT2D eigenvalue weighted by Gasteiger charge is -2.38. The Hall–Kier alpha value is -0.610. The Morgan fingerprint density at radius 2 is 1.95 bits per heavy atom. The largest absolute Gasteiger partial charge is 0.480 e. The topological polar surface area (TPSA) is 52.6 Å². The number of nitrogens with one attached hydrogen (secondary N) is 1. The molecule has 1 aliphatic heterocycles.